The van der Waals surface area contributed by atoms with Crippen LogP contribution < -0.4 is 10.6 Å². The fourth-order valence-corrected chi connectivity index (χ4v) is 6.17. The van der Waals surface area contributed by atoms with Gasteiger partial charge >= 0.3 is 0 Å². The minimum Gasteiger partial charge on any atom is -0.348 e. The molecule has 0 fully saturated rings. The average Bonchev–Trinajstić information content (AvgIpc) is 3.77. The van der Waals surface area contributed by atoms with Gasteiger partial charge in [-0.25, -0.2) is 19.9 Å². The first-order valence-corrected chi connectivity index (χ1v) is 17.5. The molecule has 0 amide bonds. The molecule has 50 heavy (non-hydrogen) atoms. The van der Waals surface area contributed by atoms with E-state index in [1.807, 2.05) is 94.1 Å². The second-order valence-corrected chi connectivity index (χ2v) is 13.4. The van der Waals surface area contributed by atoms with Gasteiger partial charge in [0.2, 0.25) is 11.9 Å². The molecule has 248 valence electrons. The van der Waals surface area contributed by atoms with Gasteiger partial charge in [-0.1, -0.05) is 92.5 Å². The Kier molecular flexibility index (Phi) is 9.90. The third kappa shape index (κ3) is 7.56. The van der Waals surface area contributed by atoms with E-state index in [0.717, 1.165) is 42.6 Å². The summed E-state index contributed by atoms with van der Waals surface area (Å²) in [7, 11) is 0. The number of anilines is 2. The van der Waals surface area contributed by atoms with Crippen molar-refractivity contribution in [3.05, 3.63) is 154 Å². The van der Waals surface area contributed by atoms with Crippen LogP contribution in [0.3, 0.4) is 0 Å². The molecule has 4 aromatic carbocycles. The van der Waals surface area contributed by atoms with Crippen molar-refractivity contribution in [3.63, 3.8) is 0 Å². The van der Waals surface area contributed by atoms with E-state index in [9.17, 15) is 0 Å². The van der Waals surface area contributed by atoms with Crippen molar-refractivity contribution in [1.82, 2.24) is 39.0 Å². The van der Waals surface area contributed by atoms with Gasteiger partial charge in [-0.3, -0.25) is 9.13 Å². The molecule has 0 saturated heterocycles. The minimum atomic E-state index is 0.116. The SMILES string of the molecule is C[C@H](Nc1nccc(-n2cnc3cc(Br)ccc32)n1)c1ccccc1.C[C@H](Nc1nccc(-n2cnc3ccc(Br)cc32)n1)c1ccccc1. The summed E-state index contributed by atoms with van der Waals surface area (Å²) in [5, 5.41) is 6.71. The van der Waals surface area contributed by atoms with Gasteiger partial charge in [0, 0.05) is 21.3 Å². The molecule has 0 bridgehead atoms. The van der Waals surface area contributed by atoms with E-state index >= 15 is 0 Å². The Bertz CT molecular complexity index is 2360. The van der Waals surface area contributed by atoms with Crippen LogP contribution in [0.15, 0.2) is 143 Å². The van der Waals surface area contributed by atoms with Crippen LogP contribution in [0.1, 0.15) is 37.1 Å². The summed E-state index contributed by atoms with van der Waals surface area (Å²) in [6, 6.07) is 36.5. The predicted octanol–water partition coefficient (Wildman–Crippen LogP) is 9.50. The maximum atomic E-state index is 4.65. The van der Waals surface area contributed by atoms with Crippen LogP contribution in [0.2, 0.25) is 0 Å². The molecule has 0 aliphatic carbocycles. The van der Waals surface area contributed by atoms with Crippen molar-refractivity contribution in [2.75, 3.05) is 10.6 Å². The molecule has 0 spiro atoms. The Morgan fingerprint density at radius 3 is 1.60 bits per heavy atom. The van der Waals surface area contributed by atoms with E-state index in [1.54, 1.807) is 25.0 Å². The largest absolute Gasteiger partial charge is 0.348 e. The molecule has 2 N–H and O–H groups in total. The van der Waals surface area contributed by atoms with Gasteiger partial charge < -0.3 is 10.6 Å². The molecule has 8 aromatic rings. The second kappa shape index (κ2) is 15.0. The summed E-state index contributed by atoms with van der Waals surface area (Å²) in [6.07, 6.45) is 7.08. The molecule has 10 nitrogen and oxygen atoms in total. The third-order valence-corrected chi connectivity index (χ3v) is 9.07. The number of rotatable bonds is 8. The smallest absolute Gasteiger partial charge is 0.225 e. The van der Waals surface area contributed by atoms with E-state index in [0.29, 0.717) is 11.9 Å². The van der Waals surface area contributed by atoms with Crippen LogP contribution in [-0.4, -0.2) is 39.0 Å². The predicted molar refractivity (Wildman–Crippen MR) is 206 cm³/mol. The molecule has 4 aromatic heterocycles. The van der Waals surface area contributed by atoms with Gasteiger partial charge in [-0.2, -0.15) is 9.97 Å². The van der Waals surface area contributed by atoms with E-state index in [4.69, 9.17) is 0 Å². The van der Waals surface area contributed by atoms with Crippen LogP contribution in [0.25, 0.3) is 33.7 Å². The fraction of sp³-hybridized carbons (Fsp3) is 0.105. The van der Waals surface area contributed by atoms with E-state index < -0.39 is 0 Å². The van der Waals surface area contributed by atoms with Gasteiger partial charge in [-0.15, -0.1) is 0 Å². The minimum absolute atomic E-state index is 0.116. The molecular formula is C38H32Br2N10. The fourth-order valence-electron chi connectivity index (χ4n) is 5.47. The molecule has 2 atom stereocenters. The summed E-state index contributed by atoms with van der Waals surface area (Å²) in [6.45, 7) is 4.19. The first kappa shape index (κ1) is 33.1. The normalized spacial score (nSPS) is 12.2. The lowest BCUT2D eigenvalue weighted by molar-refractivity contribution is 0.854. The first-order chi connectivity index (χ1) is 24.4. The second-order valence-electron chi connectivity index (χ2n) is 11.5. The molecule has 0 unspecified atom stereocenters. The lowest BCUT2D eigenvalue weighted by atomic mass is 10.1. The number of nitrogens with one attached hydrogen (secondary N) is 2. The average molecular weight is 789 g/mol. The highest BCUT2D eigenvalue weighted by Crippen LogP contribution is 2.24. The highest BCUT2D eigenvalue weighted by atomic mass is 79.9. The Morgan fingerprint density at radius 1 is 0.520 bits per heavy atom. The maximum Gasteiger partial charge on any atom is 0.225 e. The number of fused-ring (bicyclic) bond motifs is 2. The zero-order valence-electron chi connectivity index (χ0n) is 27.2. The number of halogens is 2. The number of hydrogen-bond acceptors (Lipinski definition) is 8. The highest BCUT2D eigenvalue weighted by Gasteiger charge is 2.12. The standard InChI is InChI=1S/2C19H16BrN5/c1-13(14-5-3-2-4-6-14)23-19-21-10-9-18(24-19)25-12-22-16-11-15(20)7-8-17(16)25;1-13(14-5-3-2-4-6-14)23-19-21-10-9-18(24-19)25-12-22-16-8-7-15(20)11-17(16)25/h2*2-13H,1H3,(H,21,23,24)/t2*13-/m00/s1. The van der Waals surface area contributed by atoms with Crippen LogP contribution in [0.5, 0.6) is 0 Å². The Balaban J connectivity index is 0.000000157. The zero-order valence-corrected chi connectivity index (χ0v) is 30.4. The van der Waals surface area contributed by atoms with Gasteiger partial charge in [-0.05, 0) is 73.5 Å². The van der Waals surface area contributed by atoms with Crippen molar-refractivity contribution in [1.29, 1.82) is 0 Å². The summed E-state index contributed by atoms with van der Waals surface area (Å²) in [5.41, 5.74) is 6.22. The van der Waals surface area contributed by atoms with E-state index in [-0.39, 0.29) is 12.1 Å². The Morgan fingerprint density at radius 2 is 1.02 bits per heavy atom. The molecular weight excluding hydrogens is 756 g/mol. The van der Waals surface area contributed by atoms with Crippen molar-refractivity contribution in [2.45, 2.75) is 25.9 Å². The van der Waals surface area contributed by atoms with Gasteiger partial charge in [0.05, 0.1) is 34.2 Å². The van der Waals surface area contributed by atoms with Crippen LogP contribution in [0.4, 0.5) is 11.9 Å². The zero-order chi connectivity index (χ0) is 34.5. The van der Waals surface area contributed by atoms with Crippen molar-refractivity contribution in [3.8, 4) is 11.6 Å². The number of nitrogens with zero attached hydrogens (tertiary/aromatic N) is 8. The summed E-state index contributed by atoms with van der Waals surface area (Å²) >= 11 is 6.98. The number of hydrogen-bond donors (Lipinski definition) is 2. The van der Waals surface area contributed by atoms with Crippen molar-refractivity contribution >= 4 is 65.8 Å². The van der Waals surface area contributed by atoms with Gasteiger partial charge in [0.15, 0.2) is 0 Å². The van der Waals surface area contributed by atoms with Crippen molar-refractivity contribution < 1.29 is 0 Å². The summed E-state index contributed by atoms with van der Waals surface area (Å²) in [4.78, 5) is 26.9. The topological polar surface area (TPSA) is 111 Å². The van der Waals surface area contributed by atoms with Crippen molar-refractivity contribution in [2.24, 2.45) is 0 Å². The molecule has 0 radical (unpaired) electrons. The summed E-state index contributed by atoms with van der Waals surface area (Å²) in [5.74, 6) is 2.74. The van der Waals surface area contributed by atoms with Crippen LogP contribution in [-0.2, 0) is 0 Å². The lowest BCUT2D eigenvalue weighted by Gasteiger charge is -2.14. The Labute approximate surface area is 306 Å². The molecule has 0 saturated carbocycles. The summed E-state index contributed by atoms with van der Waals surface area (Å²) < 4.78 is 5.93. The maximum absolute atomic E-state index is 4.65. The van der Waals surface area contributed by atoms with Crippen LogP contribution in [0, 0.1) is 0 Å². The number of imidazole rings is 2. The van der Waals surface area contributed by atoms with Gasteiger partial charge in [0.25, 0.3) is 0 Å². The van der Waals surface area contributed by atoms with Gasteiger partial charge in [0.1, 0.15) is 24.3 Å². The van der Waals surface area contributed by atoms with E-state index in [1.165, 1.54) is 11.1 Å². The Hall–Kier alpha value is -5.46. The highest BCUT2D eigenvalue weighted by molar-refractivity contribution is 9.10. The monoisotopic (exact) mass is 786 g/mol. The third-order valence-electron chi connectivity index (χ3n) is 8.08. The first-order valence-electron chi connectivity index (χ1n) is 16.0. The number of benzene rings is 4. The quantitative estimate of drug-likeness (QED) is 0.157. The lowest BCUT2D eigenvalue weighted by Crippen LogP contribution is -2.10. The number of aromatic nitrogens is 8. The molecule has 0 aliphatic heterocycles. The molecule has 4 heterocycles. The van der Waals surface area contributed by atoms with E-state index in [2.05, 4.69) is 111 Å². The van der Waals surface area contributed by atoms with Crippen LogP contribution >= 0.6 is 31.9 Å². The molecule has 0 aliphatic rings. The molecule has 8 rings (SSSR count). The molecule has 12 heteroatoms.